The molecule has 1 aliphatic carbocycles. The van der Waals surface area contributed by atoms with Crippen molar-refractivity contribution in [2.24, 2.45) is 5.92 Å². The number of thiophene rings is 1. The Bertz CT molecular complexity index is 1050. The van der Waals surface area contributed by atoms with Crippen LogP contribution in [0.3, 0.4) is 0 Å². The zero-order valence-corrected chi connectivity index (χ0v) is 17.5. The fourth-order valence-corrected chi connectivity index (χ4v) is 4.59. The van der Waals surface area contributed by atoms with E-state index < -0.39 is 5.97 Å². The molecule has 2 aromatic heterocycles. The number of para-hydroxylation sites is 1. The first-order chi connectivity index (χ1) is 14.0. The van der Waals surface area contributed by atoms with E-state index in [1.165, 1.54) is 0 Å². The van der Waals surface area contributed by atoms with Crippen LogP contribution in [0.5, 0.6) is 0 Å². The van der Waals surface area contributed by atoms with E-state index in [-0.39, 0.29) is 12.5 Å². The summed E-state index contributed by atoms with van der Waals surface area (Å²) < 4.78 is 5.49. The van der Waals surface area contributed by atoms with Crippen LogP contribution in [0, 0.1) is 5.92 Å². The van der Waals surface area contributed by atoms with Crippen molar-refractivity contribution >= 4 is 34.1 Å². The average molecular weight is 409 g/mol. The number of nitrogens with zero attached hydrogens (tertiary/aromatic N) is 2. The summed E-state index contributed by atoms with van der Waals surface area (Å²) in [5.74, 6) is -0.158. The number of aromatic nitrogens is 1. The molecule has 0 spiro atoms. The van der Waals surface area contributed by atoms with E-state index in [4.69, 9.17) is 9.72 Å². The molecule has 6 heteroatoms. The largest absolute Gasteiger partial charge is 0.452 e. The molecule has 0 saturated carbocycles. The van der Waals surface area contributed by atoms with Gasteiger partial charge in [0.05, 0.1) is 17.6 Å². The molecular formula is C23H24N2O3S. The van der Waals surface area contributed by atoms with Crippen molar-refractivity contribution in [3.8, 4) is 0 Å². The highest BCUT2D eigenvalue weighted by Crippen LogP contribution is 2.32. The molecule has 1 aromatic carbocycles. The standard InChI is InChI=1S/C23H24N2O3S/c1-15-9-10-20-18(12-15)22(17-7-3-4-8-19(17)24-20)23(27)28-14-21(26)25(2)13-16-6-5-11-29-16/h3-8,11,15H,9-10,12-14H2,1-2H3/t15-/m1/s1. The third-order valence-corrected chi connectivity index (χ3v) is 6.30. The van der Waals surface area contributed by atoms with Crippen molar-refractivity contribution in [3.63, 3.8) is 0 Å². The van der Waals surface area contributed by atoms with Crippen LogP contribution in [-0.2, 0) is 28.9 Å². The van der Waals surface area contributed by atoms with Crippen LogP contribution >= 0.6 is 11.3 Å². The number of fused-ring (bicyclic) bond motifs is 2. The van der Waals surface area contributed by atoms with Gasteiger partial charge in [-0.05, 0) is 48.3 Å². The predicted molar refractivity (Wildman–Crippen MR) is 114 cm³/mol. The highest BCUT2D eigenvalue weighted by molar-refractivity contribution is 7.09. The minimum absolute atomic E-state index is 0.215. The summed E-state index contributed by atoms with van der Waals surface area (Å²) in [6.45, 7) is 2.44. The van der Waals surface area contributed by atoms with Gasteiger partial charge in [0.1, 0.15) is 0 Å². The Labute approximate surface area is 174 Å². The van der Waals surface area contributed by atoms with Crippen LogP contribution < -0.4 is 0 Å². The number of carbonyl (C=O) groups excluding carboxylic acids is 2. The molecule has 5 nitrogen and oxygen atoms in total. The van der Waals surface area contributed by atoms with Crippen molar-refractivity contribution in [2.75, 3.05) is 13.7 Å². The third kappa shape index (κ3) is 4.17. The number of likely N-dealkylation sites (N-methyl/N-ethyl adjacent to an activating group) is 1. The SMILES string of the molecule is C[C@@H]1CCc2nc3ccccc3c(C(=O)OCC(=O)N(C)Cc3cccs3)c2C1. The molecule has 150 valence electrons. The van der Waals surface area contributed by atoms with Crippen LogP contribution in [0.25, 0.3) is 10.9 Å². The van der Waals surface area contributed by atoms with Gasteiger partial charge in [0.2, 0.25) is 0 Å². The maximum absolute atomic E-state index is 13.1. The fourth-order valence-electron chi connectivity index (χ4n) is 3.83. The van der Waals surface area contributed by atoms with Crippen molar-refractivity contribution in [1.82, 2.24) is 9.88 Å². The molecular weight excluding hydrogens is 384 g/mol. The van der Waals surface area contributed by atoms with E-state index in [9.17, 15) is 9.59 Å². The summed E-state index contributed by atoms with van der Waals surface area (Å²) in [5, 5.41) is 2.77. The average Bonchev–Trinajstić information content (AvgIpc) is 3.23. The molecule has 1 atom stereocenters. The van der Waals surface area contributed by atoms with Gasteiger partial charge in [0.25, 0.3) is 5.91 Å². The first-order valence-corrected chi connectivity index (χ1v) is 10.7. The van der Waals surface area contributed by atoms with Gasteiger partial charge >= 0.3 is 5.97 Å². The number of hydrogen-bond donors (Lipinski definition) is 0. The molecule has 0 aliphatic heterocycles. The van der Waals surface area contributed by atoms with Crippen molar-refractivity contribution in [1.29, 1.82) is 0 Å². The van der Waals surface area contributed by atoms with Crippen molar-refractivity contribution in [3.05, 3.63) is 63.5 Å². The number of esters is 1. The first-order valence-electron chi connectivity index (χ1n) is 9.87. The number of rotatable bonds is 5. The quantitative estimate of drug-likeness (QED) is 0.593. The lowest BCUT2D eigenvalue weighted by Gasteiger charge is -2.24. The second-order valence-corrected chi connectivity index (χ2v) is 8.71. The zero-order chi connectivity index (χ0) is 20.4. The minimum Gasteiger partial charge on any atom is -0.452 e. The summed E-state index contributed by atoms with van der Waals surface area (Å²) in [7, 11) is 1.72. The molecule has 29 heavy (non-hydrogen) atoms. The van der Waals surface area contributed by atoms with Gasteiger partial charge in [-0.3, -0.25) is 9.78 Å². The van der Waals surface area contributed by atoms with Crippen molar-refractivity contribution in [2.45, 2.75) is 32.7 Å². The Balaban J connectivity index is 1.55. The van der Waals surface area contributed by atoms with Gasteiger partial charge in [0, 0.05) is 23.0 Å². The Hall–Kier alpha value is -2.73. The van der Waals surface area contributed by atoms with Crippen LogP contribution in [0.1, 0.15) is 39.8 Å². The summed E-state index contributed by atoms with van der Waals surface area (Å²) in [6.07, 6.45) is 2.74. The monoisotopic (exact) mass is 408 g/mol. The van der Waals surface area contributed by atoms with E-state index in [1.807, 2.05) is 41.8 Å². The predicted octanol–water partition coefficient (Wildman–Crippen LogP) is 4.24. The molecule has 0 fully saturated rings. The highest BCUT2D eigenvalue weighted by atomic mass is 32.1. The molecule has 0 bridgehead atoms. The lowest BCUT2D eigenvalue weighted by Crippen LogP contribution is -2.31. The van der Waals surface area contributed by atoms with Crippen LogP contribution in [0.4, 0.5) is 0 Å². The molecule has 3 aromatic rings. The van der Waals surface area contributed by atoms with E-state index in [1.54, 1.807) is 23.3 Å². The van der Waals surface area contributed by atoms with Crippen molar-refractivity contribution < 1.29 is 14.3 Å². The van der Waals surface area contributed by atoms with E-state index in [0.717, 1.165) is 46.3 Å². The van der Waals surface area contributed by atoms with Crippen LogP contribution in [-0.4, -0.2) is 35.4 Å². The van der Waals surface area contributed by atoms with E-state index in [2.05, 4.69) is 6.92 Å². The second kappa shape index (κ2) is 8.33. The maximum atomic E-state index is 13.1. The number of ether oxygens (including phenoxy) is 1. The normalized spacial score (nSPS) is 15.7. The van der Waals surface area contributed by atoms with Gasteiger partial charge in [-0.15, -0.1) is 11.3 Å². The lowest BCUT2D eigenvalue weighted by atomic mass is 9.84. The summed E-state index contributed by atoms with van der Waals surface area (Å²) in [4.78, 5) is 33.0. The topological polar surface area (TPSA) is 59.5 Å². The van der Waals surface area contributed by atoms with Gasteiger partial charge in [-0.25, -0.2) is 4.79 Å². The molecule has 4 rings (SSSR count). The smallest absolute Gasteiger partial charge is 0.339 e. The summed E-state index contributed by atoms with van der Waals surface area (Å²) >= 11 is 1.60. The van der Waals surface area contributed by atoms with Gasteiger partial charge in [0.15, 0.2) is 6.61 Å². The number of carbonyl (C=O) groups is 2. The second-order valence-electron chi connectivity index (χ2n) is 7.68. The van der Waals surface area contributed by atoms with Crippen LogP contribution in [0.15, 0.2) is 41.8 Å². The third-order valence-electron chi connectivity index (χ3n) is 5.44. The molecule has 0 saturated heterocycles. The van der Waals surface area contributed by atoms with E-state index in [0.29, 0.717) is 18.0 Å². The zero-order valence-electron chi connectivity index (χ0n) is 16.7. The number of amides is 1. The summed E-state index contributed by atoms with van der Waals surface area (Å²) in [5.41, 5.74) is 3.33. The van der Waals surface area contributed by atoms with Crippen LogP contribution in [0.2, 0.25) is 0 Å². The summed E-state index contributed by atoms with van der Waals surface area (Å²) in [6, 6.07) is 11.6. The number of benzene rings is 1. The number of hydrogen-bond acceptors (Lipinski definition) is 5. The van der Waals surface area contributed by atoms with Gasteiger partial charge < -0.3 is 9.64 Å². The molecule has 2 heterocycles. The Morgan fingerprint density at radius 2 is 2.07 bits per heavy atom. The highest BCUT2D eigenvalue weighted by Gasteiger charge is 2.26. The molecule has 0 unspecified atom stereocenters. The molecule has 0 radical (unpaired) electrons. The Morgan fingerprint density at radius 3 is 2.86 bits per heavy atom. The Kier molecular flexibility index (Phi) is 5.62. The van der Waals surface area contributed by atoms with Gasteiger partial charge in [-0.1, -0.05) is 31.2 Å². The Morgan fingerprint density at radius 1 is 1.24 bits per heavy atom. The molecule has 1 amide bonds. The minimum atomic E-state index is -0.438. The lowest BCUT2D eigenvalue weighted by molar-refractivity contribution is -0.133. The molecule has 1 aliphatic rings. The molecule has 0 N–H and O–H groups in total. The fraction of sp³-hybridized carbons (Fsp3) is 0.348. The van der Waals surface area contributed by atoms with Gasteiger partial charge in [-0.2, -0.15) is 0 Å². The van der Waals surface area contributed by atoms with E-state index >= 15 is 0 Å². The maximum Gasteiger partial charge on any atom is 0.339 e. The number of pyridine rings is 1. The number of aryl methyl sites for hydroxylation is 1. The first kappa shape index (κ1) is 19.6.